The second-order valence-corrected chi connectivity index (χ2v) is 3.93. The maximum Gasteiger partial charge on any atom is 0.258 e. The first kappa shape index (κ1) is 12.1. The molecule has 2 aromatic rings. The molecule has 4 nitrogen and oxygen atoms in total. The zero-order chi connectivity index (χ0) is 13.1. The molecule has 0 saturated carbocycles. The number of nitrogen functional groups attached to an aromatic ring is 1. The second-order valence-electron chi connectivity index (χ2n) is 3.93. The number of aryl methyl sites for hydroxylation is 1. The van der Waals surface area contributed by atoms with Crippen LogP contribution in [0.25, 0.3) is 10.5 Å². The number of anilines is 1. The van der Waals surface area contributed by atoms with Gasteiger partial charge in [-0.15, -0.1) is 0 Å². The molecule has 0 spiro atoms. The highest BCUT2D eigenvalue weighted by molar-refractivity contribution is 5.71. The number of nitrogens with zero attached hydrogens (tertiary/aromatic N) is 2. The third kappa shape index (κ3) is 1.91. The molecule has 2 rings (SSSR count). The van der Waals surface area contributed by atoms with Gasteiger partial charge in [0, 0.05) is 5.56 Å². The summed E-state index contributed by atoms with van der Waals surface area (Å²) < 4.78 is 6.94. The van der Waals surface area contributed by atoms with E-state index < -0.39 is 0 Å². The molecule has 0 saturated heterocycles. The van der Waals surface area contributed by atoms with E-state index in [-0.39, 0.29) is 0 Å². The first-order chi connectivity index (χ1) is 8.71. The largest absolute Gasteiger partial charge is 0.497 e. The van der Waals surface area contributed by atoms with Crippen molar-refractivity contribution in [1.29, 1.82) is 0 Å². The predicted molar refractivity (Wildman–Crippen MR) is 72.4 cm³/mol. The number of benzene rings is 1. The number of methoxy groups -OCH3 is 1. The van der Waals surface area contributed by atoms with E-state index in [1.807, 2.05) is 42.0 Å². The minimum Gasteiger partial charge on any atom is -0.497 e. The summed E-state index contributed by atoms with van der Waals surface area (Å²) in [4.78, 5) is 3.51. The summed E-state index contributed by atoms with van der Waals surface area (Å²) in [6.45, 7) is 9.27. The molecular formula is C14H15N3O. The van der Waals surface area contributed by atoms with Crippen LogP contribution in [0.15, 0.2) is 30.5 Å². The molecule has 0 aliphatic carbocycles. The van der Waals surface area contributed by atoms with Crippen molar-refractivity contribution in [2.45, 2.75) is 13.3 Å². The van der Waals surface area contributed by atoms with Crippen LogP contribution < -0.4 is 10.5 Å². The topological polar surface area (TPSA) is 44.5 Å². The van der Waals surface area contributed by atoms with E-state index in [4.69, 9.17) is 17.0 Å². The number of rotatable bonds is 3. The Balaban J connectivity index is 2.53. The van der Waals surface area contributed by atoms with Crippen molar-refractivity contribution < 1.29 is 4.74 Å². The van der Waals surface area contributed by atoms with Gasteiger partial charge in [-0.1, -0.05) is 13.5 Å². The third-order valence-electron chi connectivity index (χ3n) is 2.94. The van der Waals surface area contributed by atoms with Gasteiger partial charge in [-0.3, -0.25) is 4.57 Å². The molecule has 0 aliphatic heterocycles. The van der Waals surface area contributed by atoms with Crippen LogP contribution in [0.5, 0.6) is 5.75 Å². The predicted octanol–water partition coefficient (Wildman–Crippen LogP) is 3.18. The van der Waals surface area contributed by atoms with Crippen LogP contribution in [0, 0.1) is 6.57 Å². The quantitative estimate of drug-likeness (QED) is 0.839. The van der Waals surface area contributed by atoms with Crippen LogP contribution in [-0.2, 0) is 6.42 Å². The lowest BCUT2D eigenvalue weighted by Gasteiger charge is -2.03. The number of hydrogen-bond acceptors (Lipinski definition) is 2. The zero-order valence-electron chi connectivity index (χ0n) is 10.5. The Bertz CT molecular complexity index is 591. The molecule has 92 valence electrons. The normalized spacial score (nSPS) is 10.1. The Morgan fingerprint density at radius 2 is 2.00 bits per heavy atom. The fraction of sp³-hybridized carbons (Fsp3) is 0.214. The first-order valence-electron chi connectivity index (χ1n) is 5.72. The Morgan fingerprint density at radius 3 is 2.50 bits per heavy atom. The Kier molecular flexibility index (Phi) is 3.24. The van der Waals surface area contributed by atoms with Crippen molar-refractivity contribution in [1.82, 2.24) is 4.57 Å². The first-order valence-corrected chi connectivity index (χ1v) is 5.72. The van der Waals surface area contributed by atoms with E-state index >= 15 is 0 Å². The van der Waals surface area contributed by atoms with E-state index in [1.54, 1.807) is 7.11 Å². The van der Waals surface area contributed by atoms with Gasteiger partial charge in [0.05, 0.1) is 19.0 Å². The molecule has 0 amide bonds. The molecule has 0 aliphatic rings. The lowest BCUT2D eigenvalue weighted by Crippen LogP contribution is -1.92. The van der Waals surface area contributed by atoms with Gasteiger partial charge < -0.3 is 15.3 Å². The molecule has 2 N–H and O–H groups in total. The number of aromatic nitrogens is 1. The Morgan fingerprint density at radius 1 is 1.33 bits per heavy atom. The Labute approximate surface area is 106 Å². The lowest BCUT2D eigenvalue weighted by molar-refractivity contribution is 0.415. The van der Waals surface area contributed by atoms with Crippen LogP contribution in [-0.4, -0.2) is 11.7 Å². The molecule has 0 bridgehead atoms. The van der Waals surface area contributed by atoms with Crippen molar-refractivity contribution >= 4 is 11.5 Å². The second kappa shape index (κ2) is 4.84. The number of ether oxygens (including phenoxy) is 1. The molecule has 0 radical (unpaired) electrons. The maximum absolute atomic E-state index is 7.24. The molecule has 0 atom stereocenters. The minimum absolute atomic E-state index is 0.469. The highest BCUT2D eigenvalue weighted by atomic mass is 16.5. The van der Waals surface area contributed by atoms with Crippen molar-refractivity contribution in [3.05, 3.63) is 47.4 Å². The maximum atomic E-state index is 7.24. The molecule has 0 fully saturated rings. The molecule has 0 unspecified atom stereocenters. The highest BCUT2D eigenvalue weighted by Gasteiger charge is 2.14. The van der Waals surface area contributed by atoms with Gasteiger partial charge in [0.15, 0.2) is 0 Å². The fourth-order valence-electron chi connectivity index (χ4n) is 1.90. The summed E-state index contributed by atoms with van der Waals surface area (Å²) in [5.74, 6) is 1.26. The smallest absolute Gasteiger partial charge is 0.258 e. The van der Waals surface area contributed by atoms with Gasteiger partial charge in [-0.25, -0.2) is 0 Å². The van der Waals surface area contributed by atoms with Crippen LogP contribution in [0.1, 0.15) is 12.5 Å². The fourth-order valence-corrected chi connectivity index (χ4v) is 1.90. The SMILES string of the molecule is [C-]#[N+]c1c(N)c(CC)cn1-c1ccc(OC)cc1. The summed E-state index contributed by atoms with van der Waals surface area (Å²) in [6, 6.07) is 7.55. The van der Waals surface area contributed by atoms with Gasteiger partial charge in [-0.2, -0.15) is 0 Å². The molecule has 4 heteroatoms. The van der Waals surface area contributed by atoms with Crippen LogP contribution in [0.4, 0.5) is 11.5 Å². The summed E-state index contributed by atoms with van der Waals surface area (Å²) in [6.07, 6.45) is 2.74. The molecule has 1 aromatic heterocycles. The summed E-state index contributed by atoms with van der Waals surface area (Å²) in [5, 5.41) is 0. The molecule has 1 heterocycles. The standard InChI is InChI=1S/C14H15N3O/c1-4-10-9-17(14(16-2)13(10)15)11-5-7-12(18-3)8-6-11/h5-9H,4,15H2,1,3H3. The van der Waals surface area contributed by atoms with Crippen LogP contribution in [0.3, 0.4) is 0 Å². The summed E-state index contributed by atoms with van der Waals surface area (Å²) in [7, 11) is 1.63. The number of hydrogen-bond donors (Lipinski definition) is 1. The van der Waals surface area contributed by atoms with E-state index in [2.05, 4.69) is 4.85 Å². The van der Waals surface area contributed by atoms with Gasteiger partial charge in [0.1, 0.15) is 11.4 Å². The van der Waals surface area contributed by atoms with Crippen molar-refractivity contribution in [3.63, 3.8) is 0 Å². The van der Waals surface area contributed by atoms with Gasteiger partial charge in [-0.05, 0) is 30.7 Å². The highest BCUT2D eigenvalue weighted by Crippen LogP contribution is 2.32. The van der Waals surface area contributed by atoms with Crippen LogP contribution in [0.2, 0.25) is 0 Å². The zero-order valence-corrected chi connectivity index (χ0v) is 10.5. The molecule has 18 heavy (non-hydrogen) atoms. The monoisotopic (exact) mass is 241 g/mol. The lowest BCUT2D eigenvalue weighted by atomic mass is 10.2. The van der Waals surface area contributed by atoms with Crippen molar-refractivity contribution in [2.75, 3.05) is 12.8 Å². The Hall–Kier alpha value is -2.41. The van der Waals surface area contributed by atoms with Gasteiger partial charge in [0.2, 0.25) is 0 Å². The van der Waals surface area contributed by atoms with Crippen molar-refractivity contribution in [2.24, 2.45) is 0 Å². The average molecular weight is 241 g/mol. The van der Waals surface area contributed by atoms with E-state index in [0.29, 0.717) is 11.5 Å². The third-order valence-corrected chi connectivity index (χ3v) is 2.94. The molecular weight excluding hydrogens is 226 g/mol. The van der Waals surface area contributed by atoms with Crippen molar-refractivity contribution in [3.8, 4) is 11.4 Å². The molecule has 1 aromatic carbocycles. The van der Waals surface area contributed by atoms with Gasteiger partial charge in [0.25, 0.3) is 5.82 Å². The van der Waals surface area contributed by atoms with E-state index in [9.17, 15) is 0 Å². The summed E-state index contributed by atoms with van der Waals surface area (Å²) in [5.41, 5.74) is 8.44. The van der Waals surface area contributed by atoms with E-state index in [1.165, 1.54) is 0 Å². The van der Waals surface area contributed by atoms with Crippen LogP contribution >= 0.6 is 0 Å². The minimum atomic E-state index is 0.469. The van der Waals surface area contributed by atoms with Gasteiger partial charge >= 0.3 is 0 Å². The van der Waals surface area contributed by atoms with E-state index in [0.717, 1.165) is 23.4 Å². The summed E-state index contributed by atoms with van der Waals surface area (Å²) >= 11 is 0. The average Bonchev–Trinajstić information content (AvgIpc) is 2.75. The number of nitrogens with two attached hydrogens (primary N) is 1.